The third-order valence-corrected chi connectivity index (χ3v) is 3.67. The molecule has 0 aromatic carbocycles. The molecule has 1 atom stereocenters. The number of hydrogen-bond donors (Lipinski definition) is 2. The van der Waals surface area contributed by atoms with Crippen LogP contribution in [0, 0.1) is 5.92 Å². The fourth-order valence-corrected chi connectivity index (χ4v) is 2.51. The maximum Gasteiger partial charge on any atom is 0.123 e. The standard InChI is InChI=1S/C15H25N3/c1-2-9-17-14(13-6-7-13)5-3-4-12-8-10-18-15(16)11-12/h8,10-11,13-14,17H,2-7,9H2,1H3,(H2,16,18). The van der Waals surface area contributed by atoms with Gasteiger partial charge in [-0.15, -0.1) is 0 Å². The molecule has 100 valence electrons. The highest BCUT2D eigenvalue weighted by Crippen LogP contribution is 2.34. The van der Waals surface area contributed by atoms with Gasteiger partial charge in [0.15, 0.2) is 0 Å². The Labute approximate surface area is 110 Å². The molecule has 1 aliphatic carbocycles. The smallest absolute Gasteiger partial charge is 0.123 e. The second-order valence-electron chi connectivity index (χ2n) is 5.38. The van der Waals surface area contributed by atoms with E-state index in [1.54, 1.807) is 6.20 Å². The van der Waals surface area contributed by atoms with Gasteiger partial charge in [-0.3, -0.25) is 0 Å². The van der Waals surface area contributed by atoms with Gasteiger partial charge in [0.25, 0.3) is 0 Å². The van der Waals surface area contributed by atoms with Crippen molar-refractivity contribution in [2.75, 3.05) is 12.3 Å². The van der Waals surface area contributed by atoms with Crippen molar-refractivity contribution in [2.24, 2.45) is 5.92 Å². The van der Waals surface area contributed by atoms with Crippen LogP contribution in [0.15, 0.2) is 18.3 Å². The predicted molar refractivity (Wildman–Crippen MR) is 76.4 cm³/mol. The summed E-state index contributed by atoms with van der Waals surface area (Å²) in [5, 5.41) is 3.69. The largest absolute Gasteiger partial charge is 0.384 e. The number of aryl methyl sites for hydroxylation is 1. The molecule has 0 saturated heterocycles. The van der Waals surface area contributed by atoms with Crippen LogP contribution in [0.5, 0.6) is 0 Å². The number of aromatic nitrogens is 1. The Morgan fingerprint density at radius 3 is 3.00 bits per heavy atom. The van der Waals surface area contributed by atoms with E-state index in [1.807, 2.05) is 6.07 Å². The van der Waals surface area contributed by atoms with Gasteiger partial charge >= 0.3 is 0 Å². The van der Waals surface area contributed by atoms with Crippen LogP contribution in [0.3, 0.4) is 0 Å². The zero-order valence-electron chi connectivity index (χ0n) is 11.4. The molecule has 0 bridgehead atoms. The molecule has 1 fully saturated rings. The molecular weight excluding hydrogens is 222 g/mol. The van der Waals surface area contributed by atoms with E-state index < -0.39 is 0 Å². The van der Waals surface area contributed by atoms with E-state index in [-0.39, 0.29) is 0 Å². The Morgan fingerprint density at radius 2 is 2.33 bits per heavy atom. The number of anilines is 1. The van der Waals surface area contributed by atoms with Crippen LogP contribution in [0.1, 0.15) is 44.6 Å². The lowest BCUT2D eigenvalue weighted by Gasteiger charge is -2.17. The zero-order chi connectivity index (χ0) is 12.8. The third kappa shape index (κ3) is 4.30. The van der Waals surface area contributed by atoms with E-state index in [0.717, 1.165) is 24.9 Å². The Balaban J connectivity index is 1.72. The molecule has 3 N–H and O–H groups in total. The first-order chi connectivity index (χ1) is 8.79. The van der Waals surface area contributed by atoms with Crippen molar-refractivity contribution in [3.8, 4) is 0 Å². The molecule has 18 heavy (non-hydrogen) atoms. The van der Waals surface area contributed by atoms with E-state index in [0.29, 0.717) is 5.82 Å². The van der Waals surface area contributed by atoms with Crippen molar-refractivity contribution in [2.45, 2.75) is 51.5 Å². The van der Waals surface area contributed by atoms with Gasteiger partial charge in [-0.2, -0.15) is 0 Å². The molecule has 1 unspecified atom stereocenters. The normalized spacial score (nSPS) is 16.7. The molecule has 0 amide bonds. The lowest BCUT2D eigenvalue weighted by molar-refractivity contribution is 0.425. The van der Waals surface area contributed by atoms with Crippen molar-refractivity contribution in [3.05, 3.63) is 23.9 Å². The summed E-state index contributed by atoms with van der Waals surface area (Å²) >= 11 is 0. The minimum atomic E-state index is 0.635. The number of nitrogens with zero attached hydrogens (tertiary/aromatic N) is 1. The summed E-state index contributed by atoms with van der Waals surface area (Å²) in [4.78, 5) is 4.03. The van der Waals surface area contributed by atoms with Gasteiger partial charge in [0.2, 0.25) is 0 Å². The van der Waals surface area contributed by atoms with E-state index in [1.165, 1.54) is 37.7 Å². The monoisotopic (exact) mass is 247 g/mol. The van der Waals surface area contributed by atoms with Gasteiger partial charge < -0.3 is 11.1 Å². The van der Waals surface area contributed by atoms with Crippen molar-refractivity contribution in [1.29, 1.82) is 0 Å². The van der Waals surface area contributed by atoms with Gasteiger partial charge in [0.1, 0.15) is 5.82 Å². The second-order valence-corrected chi connectivity index (χ2v) is 5.38. The van der Waals surface area contributed by atoms with Crippen LogP contribution in [0.2, 0.25) is 0 Å². The third-order valence-electron chi connectivity index (χ3n) is 3.67. The number of nitrogens with one attached hydrogen (secondary N) is 1. The summed E-state index contributed by atoms with van der Waals surface area (Å²) < 4.78 is 0. The Morgan fingerprint density at radius 1 is 1.50 bits per heavy atom. The average Bonchev–Trinajstić information content (AvgIpc) is 3.18. The van der Waals surface area contributed by atoms with Gasteiger partial charge in [-0.25, -0.2) is 4.98 Å². The van der Waals surface area contributed by atoms with Crippen LogP contribution in [0.25, 0.3) is 0 Å². The highest BCUT2D eigenvalue weighted by atomic mass is 14.9. The zero-order valence-corrected chi connectivity index (χ0v) is 11.4. The summed E-state index contributed by atoms with van der Waals surface area (Å²) in [6, 6.07) is 4.80. The number of rotatable bonds is 8. The van der Waals surface area contributed by atoms with Gasteiger partial charge in [0.05, 0.1) is 0 Å². The molecular formula is C15H25N3. The van der Waals surface area contributed by atoms with E-state index in [2.05, 4.69) is 23.3 Å². The SMILES string of the molecule is CCCNC(CCCc1ccnc(N)c1)C1CC1. The lowest BCUT2D eigenvalue weighted by Crippen LogP contribution is -2.31. The highest BCUT2D eigenvalue weighted by molar-refractivity contribution is 5.31. The summed E-state index contributed by atoms with van der Waals surface area (Å²) in [6.07, 6.45) is 9.51. The van der Waals surface area contributed by atoms with Crippen LogP contribution < -0.4 is 11.1 Å². The maximum absolute atomic E-state index is 5.69. The topological polar surface area (TPSA) is 50.9 Å². The average molecular weight is 247 g/mol. The van der Waals surface area contributed by atoms with Crippen LogP contribution in [0.4, 0.5) is 5.82 Å². The summed E-state index contributed by atoms with van der Waals surface area (Å²) in [5.74, 6) is 1.58. The number of pyridine rings is 1. The molecule has 3 nitrogen and oxygen atoms in total. The molecule has 1 aromatic rings. The Hall–Kier alpha value is -1.09. The van der Waals surface area contributed by atoms with Crippen molar-refractivity contribution < 1.29 is 0 Å². The number of nitrogen functional groups attached to an aromatic ring is 1. The van der Waals surface area contributed by atoms with Crippen molar-refractivity contribution in [3.63, 3.8) is 0 Å². The van der Waals surface area contributed by atoms with Crippen molar-refractivity contribution >= 4 is 5.82 Å². The first kappa shape index (κ1) is 13.3. The van der Waals surface area contributed by atoms with Crippen molar-refractivity contribution in [1.82, 2.24) is 10.3 Å². The quantitative estimate of drug-likeness (QED) is 0.742. The Kier molecular flexibility index (Phi) is 5.00. The molecule has 3 heteroatoms. The summed E-state index contributed by atoms with van der Waals surface area (Å²) in [6.45, 7) is 3.39. The minimum absolute atomic E-state index is 0.635. The molecule has 0 spiro atoms. The minimum Gasteiger partial charge on any atom is -0.384 e. The lowest BCUT2D eigenvalue weighted by atomic mass is 10.0. The van der Waals surface area contributed by atoms with Crippen LogP contribution >= 0.6 is 0 Å². The fraction of sp³-hybridized carbons (Fsp3) is 0.667. The molecule has 1 aliphatic rings. The fourth-order valence-electron chi connectivity index (χ4n) is 2.51. The van der Waals surface area contributed by atoms with Gasteiger partial charge in [-0.1, -0.05) is 6.92 Å². The summed E-state index contributed by atoms with van der Waals surface area (Å²) in [7, 11) is 0. The molecule has 1 aromatic heterocycles. The van der Waals surface area contributed by atoms with Gasteiger partial charge in [0, 0.05) is 12.2 Å². The maximum atomic E-state index is 5.69. The van der Waals surface area contributed by atoms with Crippen LogP contribution in [-0.2, 0) is 6.42 Å². The second kappa shape index (κ2) is 6.74. The van der Waals surface area contributed by atoms with E-state index in [9.17, 15) is 0 Å². The van der Waals surface area contributed by atoms with E-state index in [4.69, 9.17) is 5.73 Å². The molecule has 0 aliphatic heterocycles. The Bertz CT molecular complexity index is 361. The highest BCUT2D eigenvalue weighted by Gasteiger charge is 2.29. The van der Waals surface area contributed by atoms with Gasteiger partial charge in [-0.05, 0) is 68.7 Å². The first-order valence-corrected chi connectivity index (χ1v) is 7.23. The molecule has 1 saturated carbocycles. The predicted octanol–water partition coefficient (Wildman–Crippen LogP) is 2.76. The molecule has 2 rings (SSSR count). The van der Waals surface area contributed by atoms with E-state index >= 15 is 0 Å². The molecule has 0 radical (unpaired) electrons. The molecule has 1 heterocycles. The summed E-state index contributed by atoms with van der Waals surface area (Å²) in [5.41, 5.74) is 7.00. The number of nitrogens with two attached hydrogens (primary N) is 1. The van der Waals surface area contributed by atoms with Crippen LogP contribution in [-0.4, -0.2) is 17.6 Å². The first-order valence-electron chi connectivity index (χ1n) is 7.23. The number of hydrogen-bond acceptors (Lipinski definition) is 3.